The summed E-state index contributed by atoms with van der Waals surface area (Å²) in [6.45, 7) is 5.35. The summed E-state index contributed by atoms with van der Waals surface area (Å²) in [5.41, 5.74) is 2.40. The number of para-hydroxylation sites is 2. The van der Waals surface area contributed by atoms with Crippen LogP contribution < -0.4 is 4.90 Å². The lowest BCUT2D eigenvalue weighted by molar-refractivity contribution is -0.143. The van der Waals surface area contributed by atoms with E-state index < -0.39 is 0 Å². The van der Waals surface area contributed by atoms with Gasteiger partial charge in [-0.05, 0) is 57.0 Å². The van der Waals surface area contributed by atoms with Crippen LogP contribution in [-0.2, 0) is 14.3 Å². The highest BCUT2D eigenvalue weighted by atomic mass is 16.5. The van der Waals surface area contributed by atoms with Gasteiger partial charge in [-0.2, -0.15) is 0 Å². The van der Waals surface area contributed by atoms with E-state index in [9.17, 15) is 4.79 Å². The van der Waals surface area contributed by atoms with Gasteiger partial charge in [0.1, 0.15) is 0 Å². The third kappa shape index (κ3) is 6.81. The number of methoxy groups -OCH3 is 1. The Morgan fingerprint density at radius 1 is 1.00 bits per heavy atom. The Morgan fingerprint density at radius 3 is 2.23 bits per heavy atom. The second kappa shape index (κ2) is 12.5. The fourth-order valence-corrected chi connectivity index (χ4v) is 4.42. The van der Waals surface area contributed by atoms with Crippen LogP contribution in [0.1, 0.15) is 39.0 Å². The van der Waals surface area contributed by atoms with E-state index in [1.54, 1.807) is 0 Å². The van der Waals surface area contributed by atoms with E-state index in [-0.39, 0.29) is 18.1 Å². The molecule has 0 bridgehead atoms. The van der Waals surface area contributed by atoms with Gasteiger partial charge in [0.25, 0.3) is 0 Å². The molecule has 31 heavy (non-hydrogen) atoms. The molecular formula is C26H36N2O3. The van der Waals surface area contributed by atoms with E-state index in [1.165, 1.54) is 11.4 Å². The van der Waals surface area contributed by atoms with Gasteiger partial charge in [-0.25, -0.2) is 0 Å². The smallest absolute Gasteiger partial charge is 0.305 e. The summed E-state index contributed by atoms with van der Waals surface area (Å²) in [6, 6.07) is 21.5. The molecule has 0 aromatic heterocycles. The third-order valence-corrected chi connectivity index (χ3v) is 5.97. The van der Waals surface area contributed by atoms with Crippen LogP contribution in [0.5, 0.6) is 0 Å². The normalized spacial score (nSPS) is 19.2. The number of carbonyl (C=O) groups excluding carboxylic acids is 1. The fraction of sp³-hybridized carbons (Fsp3) is 0.500. The monoisotopic (exact) mass is 424 g/mol. The molecule has 0 N–H and O–H groups in total. The van der Waals surface area contributed by atoms with Crippen molar-refractivity contribution in [1.29, 1.82) is 0 Å². The Hall–Kier alpha value is -2.37. The Kier molecular flexibility index (Phi) is 9.38. The zero-order valence-electron chi connectivity index (χ0n) is 18.9. The average Bonchev–Trinajstić information content (AvgIpc) is 2.81. The van der Waals surface area contributed by atoms with E-state index in [4.69, 9.17) is 9.47 Å². The number of anilines is 2. The molecule has 0 amide bonds. The molecule has 0 saturated carbocycles. The van der Waals surface area contributed by atoms with Gasteiger partial charge in [0.05, 0.1) is 18.8 Å². The molecule has 2 aromatic carbocycles. The van der Waals surface area contributed by atoms with Gasteiger partial charge >= 0.3 is 5.97 Å². The minimum atomic E-state index is -0.0790. The van der Waals surface area contributed by atoms with Crippen LogP contribution in [0.25, 0.3) is 0 Å². The molecule has 1 heterocycles. The van der Waals surface area contributed by atoms with Crippen molar-refractivity contribution in [2.24, 2.45) is 0 Å². The lowest BCUT2D eigenvalue weighted by Gasteiger charge is -2.44. The van der Waals surface area contributed by atoms with E-state index in [2.05, 4.69) is 70.5 Å². The number of piperidine rings is 1. The molecule has 0 radical (unpaired) electrons. The second-order valence-electron chi connectivity index (χ2n) is 8.09. The van der Waals surface area contributed by atoms with E-state index in [1.807, 2.05) is 14.0 Å². The summed E-state index contributed by atoms with van der Waals surface area (Å²) in [7, 11) is 1.83. The van der Waals surface area contributed by atoms with Crippen molar-refractivity contribution in [3.63, 3.8) is 0 Å². The lowest BCUT2D eigenvalue weighted by Crippen LogP contribution is -2.54. The van der Waals surface area contributed by atoms with Crippen molar-refractivity contribution < 1.29 is 14.3 Å². The Morgan fingerprint density at radius 2 is 1.65 bits per heavy atom. The first-order valence-electron chi connectivity index (χ1n) is 11.5. The second-order valence-corrected chi connectivity index (χ2v) is 8.09. The molecule has 1 aliphatic heterocycles. The zero-order valence-corrected chi connectivity index (χ0v) is 18.9. The number of hydrogen-bond acceptors (Lipinski definition) is 5. The Labute approximate surface area is 187 Å². The summed E-state index contributed by atoms with van der Waals surface area (Å²) in [4.78, 5) is 16.4. The number of nitrogens with zero attached hydrogens (tertiary/aromatic N) is 2. The first-order valence-corrected chi connectivity index (χ1v) is 11.5. The predicted octanol–water partition coefficient (Wildman–Crippen LogP) is 5.04. The molecule has 5 nitrogen and oxygen atoms in total. The molecule has 0 unspecified atom stereocenters. The highest BCUT2D eigenvalue weighted by Crippen LogP contribution is 2.32. The first kappa shape index (κ1) is 23.3. The molecule has 5 heteroatoms. The molecule has 1 fully saturated rings. The molecule has 3 rings (SSSR count). The lowest BCUT2D eigenvalue weighted by atomic mass is 9.97. The Bertz CT molecular complexity index is 729. The molecule has 2 atom stereocenters. The van der Waals surface area contributed by atoms with Crippen LogP contribution >= 0.6 is 0 Å². The van der Waals surface area contributed by atoms with Crippen molar-refractivity contribution in [3.05, 3.63) is 60.7 Å². The molecule has 0 aliphatic carbocycles. The summed E-state index contributed by atoms with van der Waals surface area (Å²) in [6.07, 6.45) is 4.76. The van der Waals surface area contributed by atoms with Crippen LogP contribution in [0.4, 0.5) is 11.4 Å². The summed E-state index contributed by atoms with van der Waals surface area (Å²) >= 11 is 0. The van der Waals surface area contributed by atoms with Gasteiger partial charge in [-0.15, -0.1) is 0 Å². The van der Waals surface area contributed by atoms with Crippen LogP contribution in [-0.4, -0.2) is 56.4 Å². The molecule has 1 saturated heterocycles. The van der Waals surface area contributed by atoms with Gasteiger partial charge in [0.15, 0.2) is 0 Å². The van der Waals surface area contributed by atoms with Gasteiger partial charge in [-0.3, -0.25) is 4.79 Å². The maximum absolute atomic E-state index is 11.5. The highest BCUT2D eigenvalue weighted by Gasteiger charge is 2.34. The standard InChI is InChI=1S/C26H36N2O3/c1-3-31-26(29)17-11-6-12-19-27-20-18-24(25(21-27)30-2)28(22-13-7-4-8-14-22)23-15-9-5-10-16-23/h4-5,7-10,13-16,24-25H,3,6,11-12,17-21H2,1-2H3/t24-,25+/m1/s1. The fourth-order valence-electron chi connectivity index (χ4n) is 4.42. The van der Waals surface area contributed by atoms with E-state index >= 15 is 0 Å². The van der Waals surface area contributed by atoms with Crippen molar-refractivity contribution in [1.82, 2.24) is 4.90 Å². The van der Waals surface area contributed by atoms with Crippen molar-refractivity contribution in [3.8, 4) is 0 Å². The topological polar surface area (TPSA) is 42.0 Å². The summed E-state index contributed by atoms with van der Waals surface area (Å²) in [5, 5.41) is 0. The predicted molar refractivity (Wildman–Crippen MR) is 126 cm³/mol. The van der Waals surface area contributed by atoms with Crippen molar-refractivity contribution >= 4 is 17.3 Å². The van der Waals surface area contributed by atoms with E-state index in [0.717, 1.165) is 45.3 Å². The molecular weight excluding hydrogens is 388 g/mol. The van der Waals surface area contributed by atoms with Crippen molar-refractivity contribution in [2.45, 2.75) is 51.2 Å². The van der Waals surface area contributed by atoms with Crippen LogP contribution in [0.3, 0.4) is 0 Å². The maximum Gasteiger partial charge on any atom is 0.305 e. The number of unbranched alkanes of at least 4 members (excludes halogenated alkanes) is 2. The minimum absolute atomic E-state index is 0.0790. The molecule has 2 aromatic rings. The van der Waals surface area contributed by atoms with Crippen LogP contribution in [0.2, 0.25) is 0 Å². The quantitative estimate of drug-likeness (QED) is 0.373. The molecule has 0 spiro atoms. The highest BCUT2D eigenvalue weighted by molar-refractivity contribution is 5.69. The van der Waals surface area contributed by atoms with Gasteiger partial charge in [-0.1, -0.05) is 42.8 Å². The van der Waals surface area contributed by atoms with Crippen LogP contribution in [0.15, 0.2) is 60.7 Å². The maximum atomic E-state index is 11.5. The number of benzene rings is 2. The minimum Gasteiger partial charge on any atom is -0.466 e. The van der Waals surface area contributed by atoms with Crippen LogP contribution in [0, 0.1) is 0 Å². The average molecular weight is 425 g/mol. The first-order chi connectivity index (χ1) is 15.2. The SMILES string of the molecule is CCOC(=O)CCCCCN1CC[C@@H](N(c2ccccc2)c2ccccc2)[C@@H](OC)C1. The number of likely N-dealkylation sites (tertiary alicyclic amines) is 1. The number of carbonyl (C=O) groups is 1. The number of esters is 1. The molecule has 168 valence electrons. The number of rotatable bonds is 11. The van der Waals surface area contributed by atoms with E-state index in [0.29, 0.717) is 13.0 Å². The Balaban J connectivity index is 1.58. The summed E-state index contributed by atoms with van der Waals surface area (Å²) < 4.78 is 11.0. The number of ether oxygens (including phenoxy) is 2. The molecule has 1 aliphatic rings. The zero-order chi connectivity index (χ0) is 21.9. The number of hydrogen-bond donors (Lipinski definition) is 0. The summed E-state index contributed by atoms with van der Waals surface area (Å²) in [5.74, 6) is -0.0790. The van der Waals surface area contributed by atoms with Gasteiger partial charge < -0.3 is 19.3 Å². The third-order valence-electron chi connectivity index (χ3n) is 5.97. The van der Waals surface area contributed by atoms with Gasteiger partial charge in [0.2, 0.25) is 0 Å². The van der Waals surface area contributed by atoms with Gasteiger partial charge in [0, 0.05) is 38.0 Å². The largest absolute Gasteiger partial charge is 0.466 e. The van der Waals surface area contributed by atoms with Crippen molar-refractivity contribution in [2.75, 3.05) is 38.3 Å².